The molecule has 0 atom stereocenters. The Hall–Kier alpha value is -1.57. The van der Waals surface area contributed by atoms with E-state index in [2.05, 4.69) is 11.1 Å². The predicted molar refractivity (Wildman–Crippen MR) is 72.1 cm³/mol. The summed E-state index contributed by atoms with van der Waals surface area (Å²) in [6.07, 6.45) is 1.12. The number of halogens is 1. The van der Waals surface area contributed by atoms with Gasteiger partial charge in [0, 0.05) is 16.8 Å². The van der Waals surface area contributed by atoms with Crippen molar-refractivity contribution in [3.63, 3.8) is 0 Å². The third kappa shape index (κ3) is 3.73. The van der Waals surface area contributed by atoms with E-state index in [0.29, 0.717) is 18.1 Å². The lowest BCUT2D eigenvalue weighted by Crippen LogP contribution is -2.01. The summed E-state index contributed by atoms with van der Waals surface area (Å²) < 4.78 is 5.58. The van der Waals surface area contributed by atoms with Crippen molar-refractivity contribution < 1.29 is 4.74 Å². The molecule has 0 amide bonds. The van der Waals surface area contributed by atoms with Crippen molar-refractivity contribution in [2.45, 2.75) is 12.8 Å². The van der Waals surface area contributed by atoms with Gasteiger partial charge in [0.15, 0.2) is 0 Å². The summed E-state index contributed by atoms with van der Waals surface area (Å²) in [6, 6.07) is 9.36. The summed E-state index contributed by atoms with van der Waals surface area (Å²) in [5.74, 6) is 0.799. The first-order valence-electron chi connectivity index (χ1n) is 5.46. The molecule has 0 fully saturated rings. The Bertz CT molecular complexity index is 545. The summed E-state index contributed by atoms with van der Waals surface area (Å²) in [5, 5.41) is 12.2. The van der Waals surface area contributed by atoms with Crippen LogP contribution in [0.2, 0.25) is 5.02 Å². The predicted octanol–water partition coefficient (Wildman–Crippen LogP) is 3.48. The molecule has 2 rings (SSSR count). The first-order chi connectivity index (χ1) is 8.78. The monoisotopic (exact) mass is 278 g/mol. The average Bonchev–Trinajstić information content (AvgIpc) is 2.80. The zero-order valence-electron chi connectivity index (χ0n) is 9.60. The molecule has 1 heterocycles. The fraction of sp³-hybridized carbons (Fsp3) is 0.231. The maximum absolute atomic E-state index is 8.56. The van der Waals surface area contributed by atoms with Crippen LogP contribution in [0.4, 0.5) is 0 Å². The summed E-state index contributed by atoms with van der Waals surface area (Å²) in [5.41, 5.74) is 0.837. The molecule has 1 aromatic carbocycles. The Kier molecular flexibility index (Phi) is 4.57. The molecule has 0 aliphatic carbocycles. The molecule has 18 heavy (non-hydrogen) atoms. The van der Waals surface area contributed by atoms with Crippen LogP contribution >= 0.6 is 22.9 Å². The van der Waals surface area contributed by atoms with Crippen molar-refractivity contribution in [3.05, 3.63) is 45.4 Å². The van der Waals surface area contributed by atoms with Gasteiger partial charge < -0.3 is 4.74 Å². The van der Waals surface area contributed by atoms with Gasteiger partial charge in [-0.2, -0.15) is 5.26 Å². The first kappa shape index (κ1) is 12.9. The number of rotatable bonds is 5. The van der Waals surface area contributed by atoms with Gasteiger partial charge in [-0.15, -0.1) is 11.3 Å². The Morgan fingerprint density at radius 2 is 2.11 bits per heavy atom. The first-order valence-corrected chi connectivity index (χ1v) is 6.72. The number of aromatic nitrogens is 1. The van der Waals surface area contributed by atoms with Crippen LogP contribution in [0.3, 0.4) is 0 Å². The van der Waals surface area contributed by atoms with Crippen molar-refractivity contribution in [1.29, 1.82) is 5.26 Å². The van der Waals surface area contributed by atoms with Gasteiger partial charge in [0.2, 0.25) is 0 Å². The molecule has 1 aromatic heterocycles. The van der Waals surface area contributed by atoms with Gasteiger partial charge in [-0.1, -0.05) is 11.6 Å². The topological polar surface area (TPSA) is 45.9 Å². The van der Waals surface area contributed by atoms with Crippen molar-refractivity contribution in [1.82, 2.24) is 4.98 Å². The molecule has 0 unspecified atom stereocenters. The second-order valence-electron chi connectivity index (χ2n) is 3.62. The lowest BCUT2D eigenvalue weighted by Gasteiger charge is -2.04. The Morgan fingerprint density at radius 3 is 2.83 bits per heavy atom. The Balaban J connectivity index is 1.81. The number of hydrogen-bond acceptors (Lipinski definition) is 4. The molecular weight excluding hydrogens is 268 g/mol. The van der Waals surface area contributed by atoms with Crippen LogP contribution in [-0.2, 0) is 12.8 Å². The fourth-order valence-corrected chi connectivity index (χ4v) is 2.32. The van der Waals surface area contributed by atoms with Gasteiger partial charge in [0.05, 0.1) is 29.8 Å². The van der Waals surface area contributed by atoms with Crippen molar-refractivity contribution in [3.8, 4) is 11.8 Å². The van der Waals surface area contributed by atoms with E-state index in [1.807, 2.05) is 17.5 Å². The summed E-state index contributed by atoms with van der Waals surface area (Å²) in [6.45, 7) is 0.571. The van der Waals surface area contributed by atoms with E-state index in [1.165, 1.54) is 0 Å². The maximum atomic E-state index is 8.56. The maximum Gasteiger partial charge on any atom is 0.119 e. The Labute approximate surface area is 115 Å². The van der Waals surface area contributed by atoms with Gasteiger partial charge in [-0.25, -0.2) is 4.98 Å². The minimum Gasteiger partial charge on any atom is -0.493 e. The van der Waals surface area contributed by atoms with Gasteiger partial charge in [-0.3, -0.25) is 0 Å². The van der Waals surface area contributed by atoms with Crippen LogP contribution in [0.1, 0.15) is 10.7 Å². The van der Waals surface area contributed by atoms with Crippen LogP contribution in [-0.4, -0.2) is 11.6 Å². The largest absolute Gasteiger partial charge is 0.493 e. The highest BCUT2D eigenvalue weighted by atomic mass is 35.5. The van der Waals surface area contributed by atoms with E-state index in [-0.39, 0.29) is 0 Å². The second kappa shape index (κ2) is 6.39. The number of nitriles is 1. The number of ether oxygens (including phenoxy) is 1. The molecule has 2 aromatic rings. The molecule has 0 saturated carbocycles. The van der Waals surface area contributed by atoms with Crippen LogP contribution in [0.25, 0.3) is 0 Å². The van der Waals surface area contributed by atoms with E-state index < -0.39 is 0 Å². The molecule has 0 radical (unpaired) electrons. The smallest absolute Gasteiger partial charge is 0.119 e. The fourth-order valence-electron chi connectivity index (χ4n) is 1.41. The number of nitrogens with zero attached hydrogens (tertiary/aromatic N) is 2. The number of benzene rings is 1. The molecule has 0 bridgehead atoms. The van der Waals surface area contributed by atoms with E-state index in [1.54, 1.807) is 23.5 Å². The minimum absolute atomic E-state index is 0.370. The molecule has 5 heteroatoms. The molecule has 0 spiro atoms. The van der Waals surface area contributed by atoms with Crippen LogP contribution in [0, 0.1) is 11.3 Å². The highest BCUT2D eigenvalue weighted by Crippen LogP contribution is 2.16. The zero-order valence-corrected chi connectivity index (χ0v) is 11.2. The van der Waals surface area contributed by atoms with E-state index >= 15 is 0 Å². The summed E-state index contributed by atoms with van der Waals surface area (Å²) in [4.78, 5) is 4.34. The van der Waals surface area contributed by atoms with E-state index in [0.717, 1.165) is 22.9 Å². The average molecular weight is 279 g/mol. The van der Waals surface area contributed by atoms with Crippen molar-refractivity contribution in [2.24, 2.45) is 0 Å². The summed E-state index contributed by atoms with van der Waals surface area (Å²) in [7, 11) is 0. The normalized spacial score (nSPS) is 10.0. The lowest BCUT2D eigenvalue weighted by atomic mass is 10.3. The van der Waals surface area contributed by atoms with E-state index in [4.69, 9.17) is 21.6 Å². The second-order valence-corrected chi connectivity index (χ2v) is 5.00. The van der Waals surface area contributed by atoms with Gasteiger partial charge in [-0.05, 0) is 24.3 Å². The van der Waals surface area contributed by atoms with Crippen LogP contribution < -0.4 is 4.74 Å². The molecular formula is C13H11ClN2OS. The molecule has 0 N–H and O–H groups in total. The highest BCUT2D eigenvalue weighted by Gasteiger charge is 2.02. The quantitative estimate of drug-likeness (QED) is 0.841. The minimum atomic E-state index is 0.370. The number of hydrogen-bond donors (Lipinski definition) is 0. The Morgan fingerprint density at radius 1 is 1.33 bits per heavy atom. The lowest BCUT2D eigenvalue weighted by molar-refractivity contribution is 0.321. The molecule has 0 aliphatic heterocycles. The molecule has 0 saturated heterocycles. The zero-order chi connectivity index (χ0) is 12.8. The third-order valence-electron chi connectivity index (χ3n) is 2.26. The van der Waals surface area contributed by atoms with E-state index in [9.17, 15) is 0 Å². The van der Waals surface area contributed by atoms with Crippen molar-refractivity contribution >= 4 is 22.9 Å². The SMILES string of the molecule is N#CCc1csc(CCOc2ccc(Cl)cc2)n1. The molecule has 0 aliphatic rings. The third-order valence-corrected chi connectivity index (χ3v) is 3.47. The van der Waals surface area contributed by atoms with Gasteiger partial charge in [0.25, 0.3) is 0 Å². The van der Waals surface area contributed by atoms with Crippen LogP contribution in [0.15, 0.2) is 29.6 Å². The summed E-state index contributed by atoms with van der Waals surface area (Å²) >= 11 is 7.35. The standard InChI is InChI=1S/C13H11ClN2OS/c14-10-1-3-12(4-2-10)17-8-6-13-16-11(5-7-15)9-18-13/h1-4,9H,5-6,8H2. The molecule has 92 valence electrons. The molecule has 3 nitrogen and oxygen atoms in total. The number of thiazole rings is 1. The van der Waals surface area contributed by atoms with Crippen LogP contribution in [0.5, 0.6) is 5.75 Å². The van der Waals surface area contributed by atoms with Gasteiger partial charge >= 0.3 is 0 Å². The highest BCUT2D eigenvalue weighted by molar-refractivity contribution is 7.09. The van der Waals surface area contributed by atoms with Gasteiger partial charge in [0.1, 0.15) is 5.75 Å². The van der Waals surface area contributed by atoms with Crippen molar-refractivity contribution in [2.75, 3.05) is 6.61 Å².